The van der Waals surface area contributed by atoms with Crippen LogP contribution in [0, 0.1) is 5.92 Å². The van der Waals surface area contributed by atoms with Crippen molar-refractivity contribution in [2.75, 3.05) is 27.2 Å². The summed E-state index contributed by atoms with van der Waals surface area (Å²) in [7, 11) is -0.362. The summed E-state index contributed by atoms with van der Waals surface area (Å²) in [6.07, 6.45) is 0. The number of aliphatic hydroxyl groups is 1. The van der Waals surface area contributed by atoms with E-state index in [1.165, 1.54) is 18.4 Å². The Labute approximate surface area is 85.5 Å². The molecule has 0 atom stereocenters. The highest BCUT2D eigenvalue weighted by Crippen LogP contribution is 2.31. The molecule has 0 amide bonds. The van der Waals surface area contributed by atoms with Crippen molar-refractivity contribution in [3.8, 4) is 0 Å². The van der Waals surface area contributed by atoms with Gasteiger partial charge in [-0.1, -0.05) is 13.8 Å². The zero-order chi connectivity index (χ0) is 11.1. The molecule has 0 aromatic heterocycles. The van der Waals surface area contributed by atoms with Crippen LogP contribution in [0.3, 0.4) is 0 Å². The van der Waals surface area contributed by atoms with E-state index >= 15 is 0 Å². The lowest BCUT2D eigenvalue weighted by atomic mass is 9.85. The van der Waals surface area contributed by atoms with Crippen molar-refractivity contribution in [2.24, 2.45) is 5.92 Å². The highest BCUT2D eigenvalue weighted by atomic mass is 32.2. The molecule has 0 saturated carbocycles. The Hall–Kier alpha value is -0.170. The number of hydrogen-bond donors (Lipinski definition) is 1. The van der Waals surface area contributed by atoms with Crippen molar-refractivity contribution in [3.63, 3.8) is 0 Å². The van der Waals surface area contributed by atoms with Crippen LogP contribution in [0.15, 0.2) is 0 Å². The van der Waals surface area contributed by atoms with E-state index < -0.39 is 15.8 Å². The van der Waals surface area contributed by atoms with E-state index in [4.69, 9.17) is 0 Å². The largest absolute Gasteiger partial charge is 0.387 e. The zero-order valence-electron chi connectivity index (χ0n) is 9.06. The Balaban J connectivity index is 2.66. The van der Waals surface area contributed by atoms with E-state index in [-0.39, 0.29) is 19.0 Å². The van der Waals surface area contributed by atoms with Gasteiger partial charge in [-0.05, 0) is 5.92 Å². The maximum absolute atomic E-state index is 11.6. The highest BCUT2D eigenvalue weighted by molar-refractivity contribution is 7.86. The summed E-state index contributed by atoms with van der Waals surface area (Å²) in [5, 5.41) is 9.88. The Bertz CT molecular complexity index is 305. The van der Waals surface area contributed by atoms with Crippen LogP contribution >= 0.6 is 0 Å². The molecule has 1 saturated heterocycles. The van der Waals surface area contributed by atoms with Gasteiger partial charge in [0.2, 0.25) is 0 Å². The van der Waals surface area contributed by atoms with Crippen molar-refractivity contribution < 1.29 is 13.5 Å². The SMILES string of the molecule is CC(C)C1(O)CN(S(=O)(=O)N(C)C)C1. The average molecular weight is 222 g/mol. The average Bonchev–Trinajstić information content (AvgIpc) is 1.97. The third kappa shape index (κ3) is 1.79. The number of hydrogen-bond acceptors (Lipinski definition) is 3. The molecule has 1 aliphatic heterocycles. The van der Waals surface area contributed by atoms with Gasteiger partial charge in [0.15, 0.2) is 0 Å². The summed E-state index contributed by atoms with van der Waals surface area (Å²) in [6.45, 7) is 4.18. The molecule has 0 aromatic carbocycles. The minimum absolute atomic E-state index is 0.0797. The van der Waals surface area contributed by atoms with Gasteiger partial charge in [-0.15, -0.1) is 0 Å². The molecule has 0 radical (unpaired) electrons. The van der Waals surface area contributed by atoms with Crippen LogP contribution in [-0.4, -0.2) is 54.9 Å². The first kappa shape index (κ1) is 11.9. The molecule has 14 heavy (non-hydrogen) atoms. The Morgan fingerprint density at radius 3 is 2.07 bits per heavy atom. The standard InChI is InChI=1S/C8H18N2O3S/c1-7(2)8(11)5-10(6-8)14(12,13)9(3)4/h7,11H,5-6H2,1-4H3. The number of rotatable bonds is 3. The lowest BCUT2D eigenvalue weighted by molar-refractivity contribution is -0.0946. The minimum atomic E-state index is -3.34. The molecule has 6 heteroatoms. The molecule has 0 bridgehead atoms. The van der Waals surface area contributed by atoms with E-state index in [1.807, 2.05) is 13.8 Å². The molecular formula is C8H18N2O3S. The molecule has 1 fully saturated rings. The van der Waals surface area contributed by atoms with Crippen molar-refractivity contribution >= 4 is 10.2 Å². The summed E-state index contributed by atoms with van der Waals surface area (Å²) < 4.78 is 25.6. The third-order valence-corrected chi connectivity index (χ3v) is 4.60. The monoisotopic (exact) mass is 222 g/mol. The maximum atomic E-state index is 11.6. The summed E-state index contributed by atoms with van der Waals surface area (Å²) >= 11 is 0. The fourth-order valence-corrected chi connectivity index (χ4v) is 2.56. The third-order valence-electron chi connectivity index (χ3n) is 2.76. The first-order valence-electron chi connectivity index (χ1n) is 4.60. The highest BCUT2D eigenvalue weighted by Gasteiger charge is 2.49. The van der Waals surface area contributed by atoms with E-state index in [0.29, 0.717) is 0 Å². The Morgan fingerprint density at radius 2 is 1.79 bits per heavy atom. The lowest BCUT2D eigenvalue weighted by Crippen LogP contribution is -2.67. The molecule has 84 valence electrons. The van der Waals surface area contributed by atoms with Crippen LogP contribution in [0.4, 0.5) is 0 Å². The Kier molecular flexibility index (Phi) is 2.93. The summed E-state index contributed by atoms with van der Waals surface area (Å²) in [5.74, 6) is 0.0797. The maximum Gasteiger partial charge on any atom is 0.281 e. The molecule has 1 N–H and O–H groups in total. The first-order chi connectivity index (χ1) is 6.20. The van der Waals surface area contributed by atoms with Gasteiger partial charge in [0.25, 0.3) is 10.2 Å². The van der Waals surface area contributed by atoms with E-state index in [2.05, 4.69) is 0 Å². The fraction of sp³-hybridized carbons (Fsp3) is 1.00. The molecule has 5 nitrogen and oxygen atoms in total. The second-order valence-electron chi connectivity index (χ2n) is 4.32. The molecule has 0 aromatic rings. The van der Waals surface area contributed by atoms with Crippen LogP contribution in [0.5, 0.6) is 0 Å². The summed E-state index contributed by atoms with van der Waals surface area (Å²) in [6, 6.07) is 0. The van der Waals surface area contributed by atoms with Crippen LogP contribution in [0.2, 0.25) is 0 Å². The van der Waals surface area contributed by atoms with Crippen LogP contribution in [0.25, 0.3) is 0 Å². The minimum Gasteiger partial charge on any atom is -0.387 e. The van der Waals surface area contributed by atoms with E-state index in [9.17, 15) is 13.5 Å². The Morgan fingerprint density at radius 1 is 1.36 bits per heavy atom. The smallest absolute Gasteiger partial charge is 0.281 e. The predicted molar refractivity (Wildman–Crippen MR) is 54.0 cm³/mol. The van der Waals surface area contributed by atoms with Gasteiger partial charge in [0, 0.05) is 27.2 Å². The molecular weight excluding hydrogens is 204 g/mol. The molecule has 1 aliphatic rings. The second-order valence-corrected chi connectivity index (χ2v) is 6.46. The second kappa shape index (κ2) is 3.44. The van der Waals surface area contributed by atoms with Gasteiger partial charge < -0.3 is 5.11 Å². The van der Waals surface area contributed by atoms with Gasteiger partial charge in [0.05, 0.1) is 5.60 Å². The van der Waals surface area contributed by atoms with Crippen LogP contribution < -0.4 is 0 Å². The summed E-state index contributed by atoms with van der Waals surface area (Å²) in [4.78, 5) is 0. The van der Waals surface area contributed by atoms with Gasteiger partial charge in [-0.25, -0.2) is 0 Å². The normalized spacial score (nSPS) is 22.8. The number of β-amino-alcohol motifs (C(OH)–C–C–N with tert-alkyl or cyclic N) is 1. The molecule has 1 rings (SSSR count). The lowest BCUT2D eigenvalue weighted by Gasteiger charge is -2.48. The van der Waals surface area contributed by atoms with Crippen LogP contribution in [-0.2, 0) is 10.2 Å². The fourth-order valence-electron chi connectivity index (χ4n) is 1.32. The quantitative estimate of drug-likeness (QED) is 0.700. The van der Waals surface area contributed by atoms with E-state index in [0.717, 1.165) is 4.31 Å². The van der Waals surface area contributed by atoms with Gasteiger partial charge in [0.1, 0.15) is 0 Å². The predicted octanol–water partition coefficient (Wildman–Crippen LogP) is -0.504. The first-order valence-corrected chi connectivity index (χ1v) is 6.00. The van der Waals surface area contributed by atoms with Gasteiger partial charge >= 0.3 is 0 Å². The molecule has 0 spiro atoms. The summed E-state index contributed by atoms with van der Waals surface area (Å²) in [5.41, 5.74) is -0.844. The molecule has 0 aliphatic carbocycles. The topological polar surface area (TPSA) is 60.9 Å². The van der Waals surface area contributed by atoms with Crippen molar-refractivity contribution in [2.45, 2.75) is 19.4 Å². The van der Waals surface area contributed by atoms with Gasteiger partial charge in [-0.3, -0.25) is 0 Å². The van der Waals surface area contributed by atoms with Crippen molar-refractivity contribution in [1.82, 2.24) is 8.61 Å². The zero-order valence-corrected chi connectivity index (χ0v) is 9.87. The van der Waals surface area contributed by atoms with Crippen LogP contribution in [0.1, 0.15) is 13.8 Å². The van der Waals surface area contributed by atoms with Crippen molar-refractivity contribution in [1.29, 1.82) is 0 Å². The van der Waals surface area contributed by atoms with Gasteiger partial charge in [-0.2, -0.15) is 17.0 Å². The number of nitrogens with zero attached hydrogens (tertiary/aromatic N) is 2. The van der Waals surface area contributed by atoms with Crippen molar-refractivity contribution in [3.05, 3.63) is 0 Å². The molecule has 0 unspecified atom stereocenters. The van der Waals surface area contributed by atoms with E-state index in [1.54, 1.807) is 0 Å². The molecule has 1 heterocycles.